The molecule has 0 aromatic heterocycles. The van der Waals surface area contributed by atoms with E-state index in [1.165, 1.54) is 12.1 Å². The van der Waals surface area contributed by atoms with E-state index >= 15 is 0 Å². The quantitative estimate of drug-likeness (QED) is 0.834. The Balaban J connectivity index is 2.72. The van der Waals surface area contributed by atoms with Gasteiger partial charge in [0, 0.05) is 17.7 Å². The number of hydrogen-bond donors (Lipinski definition) is 1. The van der Waals surface area contributed by atoms with Crippen LogP contribution in [0.3, 0.4) is 0 Å². The van der Waals surface area contributed by atoms with Gasteiger partial charge in [-0.2, -0.15) is 13.2 Å². The van der Waals surface area contributed by atoms with Crippen LogP contribution in [0.4, 0.5) is 17.6 Å². The van der Waals surface area contributed by atoms with Crippen molar-refractivity contribution >= 4 is 0 Å². The molecule has 0 saturated heterocycles. The van der Waals surface area contributed by atoms with Crippen LogP contribution in [0.1, 0.15) is 24.9 Å². The molecule has 0 aliphatic carbocycles. The molecule has 0 unspecified atom stereocenters. The van der Waals surface area contributed by atoms with Crippen molar-refractivity contribution in [3.63, 3.8) is 0 Å². The van der Waals surface area contributed by atoms with Crippen molar-refractivity contribution in [2.24, 2.45) is 5.73 Å². The largest absolute Gasteiger partial charge is 0.493 e. The summed E-state index contributed by atoms with van der Waals surface area (Å²) in [5.41, 5.74) is 6.08. The van der Waals surface area contributed by atoms with Gasteiger partial charge in [0.25, 0.3) is 0 Å². The van der Waals surface area contributed by atoms with Crippen LogP contribution >= 0.6 is 0 Å². The Kier molecular flexibility index (Phi) is 4.34. The minimum Gasteiger partial charge on any atom is -0.493 e. The molecule has 2 nitrogen and oxygen atoms in total. The van der Waals surface area contributed by atoms with Crippen LogP contribution in [0.5, 0.6) is 5.75 Å². The van der Waals surface area contributed by atoms with Gasteiger partial charge in [0.05, 0.1) is 13.0 Å². The average Bonchev–Trinajstić information content (AvgIpc) is 2.15. The Bertz CT molecular complexity index is 376. The molecule has 0 radical (unpaired) electrons. The molecule has 0 bridgehead atoms. The molecule has 1 aromatic rings. The molecule has 0 heterocycles. The number of rotatable bonds is 4. The molecule has 2 N–H and O–H groups in total. The first-order chi connectivity index (χ1) is 7.79. The topological polar surface area (TPSA) is 35.2 Å². The van der Waals surface area contributed by atoms with E-state index in [-0.39, 0.29) is 5.75 Å². The van der Waals surface area contributed by atoms with Crippen molar-refractivity contribution < 1.29 is 22.3 Å². The molecule has 1 aromatic carbocycles. The van der Waals surface area contributed by atoms with Crippen LogP contribution in [0.25, 0.3) is 0 Å². The van der Waals surface area contributed by atoms with Crippen LogP contribution in [0, 0.1) is 5.82 Å². The van der Waals surface area contributed by atoms with Gasteiger partial charge >= 0.3 is 6.18 Å². The summed E-state index contributed by atoms with van der Waals surface area (Å²) in [4.78, 5) is 0. The molecule has 6 heteroatoms. The summed E-state index contributed by atoms with van der Waals surface area (Å²) >= 11 is 0. The highest BCUT2D eigenvalue weighted by molar-refractivity contribution is 5.36. The summed E-state index contributed by atoms with van der Waals surface area (Å²) in [5.74, 6) is -0.513. The van der Waals surface area contributed by atoms with Crippen LogP contribution in [-0.4, -0.2) is 12.8 Å². The van der Waals surface area contributed by atoms with Gasteiger partial charge in [0.1, 0.15) is 11.6 Å². The number of alkyl halides is 3. The van der Waals surface area contributed by atoms with Crippen molar-refractivity contribution in [3.05, 3.63) is 29.6 Å². The first-order valence-electron chi connectivity index (χ1n) is 5.04. The van der Waals surface area contributed by atoms with Crippen molar-refractivity contribution in [1.29, 1.82) is 0 Å². The molecule has 0 fully saturated rings. The molecule has 0 aliphatic rings. The number of hydrogen-bond acceptors (Lipinski definition) is 2. The highest BCUT2D eigenvalue weighted by Crippen LogP contribution is 2.26. The summed E-state index contributed by atoms with van der Waals surface area (Å²) in [7, 11) is 0. The smallest absolute Gasteiger partial charge is 0.392 e. The monoisotopic (exact) mass is 251 g/mol. The lowest BCUT2D eigenvalue weighted by Crippen LogP contribution is -2.14. The Labute approximate surface area is 96.4 Å². The zero-order valence-corrected chi connectivity index (χ0v) is 9.22. The van der Waals surface area contributed by atoms with Gasteiger partial charge in [-0.1, -0.05) is 6.07 Å². The van der Waals surface area contributed by atoms with E-state index in [1.54, 1.807) is 6.92 Å². The molecule has 0 amide bonds. The molecule has 1 rings (SSSR count). The predicted molar refractivity (Wildman–Crippen MR) is 55.2 cm³/mol. The Morgan fingerprint density at radius 3 is 2.53 bits per heavy atom. The minimum atomic E-state index is -4.29. The van der Waals surface area contributed by atoms with E-state index in [0.717, 1.165) is 6.07 Å². The van der Waals surface area contributed by atoms with Crippen LogP contribution in [-0.2, 0) is 0 Å². The molecule has 96 valence electrons. The Morgan fingerprint density at radius 2 is 2.00 bits per heavy atom. The van der Waals surface area contributed by atoms with Gasteiger partial charge in [0.2, 0.25) is 0 Å². The fourth-order valence-corrected chi connectivity index (χ4v) is 1.29. The maximum atomic E-state index is 12.9. The average molecular weight is 251 g/mol. The van der Waals surface area contributed by atoms with Gasteiger partial charge < -0.3 is 10.5 Å². The third-order valence-corrected chi connectivity index (χ3v) is 2.11. The second-order valence-corrected chi connectivity index (χ2v) is 3.68. The summed E-state index contributed by atoms with van der Waals surface area (Å²) in [6.07, 6.45) is -5.37. The third-order valence-electron chi connectivity index (χ3n) is 2.11. The highest BCUT2D eigenvalue weighted by atomic mass is 19.4. The van der Waals surface area contributed by atoms with Crippen molar-refractivity contribution in [1.82, 2.24) is 0 Å². The molecule has 0 aliphatic heterocycles. The lowest BCUT2D eigenvalue weighted by molar-refractivity contribution is -0.139. The van der Waals surface area contributed by atoms with E-state index in [4.69, 9.17) is 10.5 Å². The molecular weight excluding hydrogens is 238 g/mol. The minimum absolute atomic E-state index is 0.0595. The second-order valence-electron chi connectivity index (χ2n) is 3.68. The zero-order valence-electron chi connectivity index (χ0n) is 9.22. The fourth-order valence-electron chi connectivity index (χ4n) is 1.29. The van der Waals surface area contributed by atoms with Gasteiger partial charge in [-0.15, -0.1) is 0 Å². The first kappa shape index (κ1) is 13.8. The molecule has 17 heavy (non-hydrogen) atoms. The first-order valence-corrected chi connectivity index (χ1v) is 5.04. The van der Waals surface area contributed by atoms with E-state index in [9.17, 15) is 17.6 Å². The normalized spacial score (nSPS) is 13.5. The van der Waals surface area contributed by atoms with E-state index < -0.39 is 31.1 Å². The lowest BCUT2D eigenvalue weighted by atomic mass is 10.1. The molecule has 0 saturated carbocycles. The van der Waals surface area contributed by atoms with E-state index in [0.29, 0.717) is 5.56 Å². The number of halogens is 4. The molecule has 0 spiro atoms. The third kappa shape index (κ3) is 4.60. The van der Waals surface area contributed by atoms with Crippen LogP contribution in [0.15, 0.2) is 18.2 Å². The van der Waals surface area contributed by atoms with Crippen molar-refractivity contribution in [3.8, 4) is 5.75 Å². The SMILES string of the molecule is C[C@@H](N)c1ccc(F)cc1OCCC(F)(F)F. The van der Waals surface area contributed by atoms with Crippen molar-refractivity contribution in [2.75, 3.05) is 6.61 Å². The van der Waals surface area contributed by atoms with Gasteiger partial charge in [-0.3, -0.25) is 0 Å². The molecular formula is C11H13F4NO. The fraction of sp³-hybridized carbons (Fsp3) is 0.455. The van der Waals surface area contributed by atoms with Gasteiger partial charge in [-0.05, 0) is 13.0 Å². The number of ether oxygens (including phenoxy) is 1. The van der Waals surface area contributed by atoms with E-state index in [1.807, 2.05) is 0 Å². The van der Waals surface area contributed by atoms with Gasteiger partial charge in [-0.25, -0.2) is 4.39 Å². The Hall–Kier alpha value is -1.30. The maximum Gasteiger partial charge on any atom is 0.392 e. The predicted octanol–water partition coefficient (Wildman–Crippen LogP) is 3.18. The number of benzene rings is 1. The summed E-state index contributed by atoms with van der Waals surface area (Å²) < 4.78 is 53.6. The Morgan fingerprint density at radius 1 is 1.35 bits per heavy atom. The lowest BCUT2D eigenvalue weighted by Gasteiger charge is -2.14. The van der Waals surface area contributed by atoms with Crippen LogP contribution in [0.2, 0.25) is 0 Å². The maximum absolute atomic E-state index is 12.9. The summed E-state index contributed by atoms with van der Waals surface area (Å²) in [5, 5.41) is 0. The second kappa shape index (κ2) is 5.35. The van der Waals surface area contributed by atoms with Gasteiger partial charge in [0.15, 0.2) is 0 Å². The van der Waals surface area contributed by atoms with E-state index in [2.05, 4.69) is 0 Å². The summed E-state index contributed by atoms with van der Waals surface area (Å²) in [6, 6.07) is 3.20. The summed E-state index contributed by atoms with van der Waals surface area (Å²) in [6.45, 7) is 1.09. The van der Waals surface area contributed by atoms with Crippen molar-refractivity contribution in [2.45, 2.75) is 25.6 Å². The number of nitrogens with two attached hydrogens (primary N) is 1. The highest BCUT2D eigenvalue weighted by Gasteiger charge is 2.27. The zero-order chi connectivity index (χ0) is 13.1. The molecule has 1 atom stereocenters. The standard InChI is InChI=1S/C11H13F4NO/c1-7(16)9-3-2-8(12)6-10(9)17-5-4-11(13,14)15/h2-3,6-7H,4-5,16H2,1H3/t7-/m1/s1. The van der Waals surface area contributed by atoms with Crippen LogP contribution < -0.4 is 10.5 Å².